The lowest BCUT2D eigenvalue weighted by atomic mass is 10.2. The molecule has 0 aromatic heterocycles. The minimum Gasteiger partial charge on any atom is -0.160 e. The second-order valence-corrected chi connectivity index (χ2v) is 4.20. The third-order valence-corrected chi connectivity index (χ3v) is 2.52. The van der Waals surface area contributed by atoms with Crippen molar-refractivity contribution in [3.8, 4) is 11.8 Å². The van der Waals surface area contributed by atoms with Gasteiger partial charge in [-0.1, -0.05) is 30.9 Å². The van der Waals surface area contributed by atoms with Gasteiger partial charge in [0.25, 0.3) is 0 Å². The fraction of sp³-hybridized carbons (Fsp3) is 0.333. The number of unbranched alkanes of at least 4 members (excludes halogenated alkanes) is 1. The predicted molar refractivity (Wildman–Crippen MR) is 60.1 cm³/mol. The Bertz CT molecular complexity index is 399. The maximum absolute atomic E-state index is 12.2. The van der Waals surface area contributed by atoms with Crippen LogP contribution < -0.4 is 0 Å². The van der Waals surface area contributed by atoms with E-state index in [0.717, 1.165) is 6.42 Å². The van der Waals surface area contributed by atoms with E-state index in [2.05, 4.69) is 11.8 Å². The summed E-state index contributed by atoms with van der Waals surface area (Å²) in [6.45, 7) is 1.98. The van der Waals surface area contributed by atoms with Gasteiger partial charge in [-0.15, -0.1) is 0 Å². The second kappa shape index (κ2) is 5.86. The molecule has 0 nitrogen and oxygen atoms in total. The monoisotopic (exact) mass is 244 g/mol. The highest BCUT2D eigenvalue weighted by molar-refractivity contribution is 8.00. The van der Waals surface area contributed by atoms with E-state index in [9.17, 15) is 13.2 Å². The molecule has 0 saturated heterocycles. The lowest BCUT2D eigenvalue weighted by Crippen LogP contribution is -2.00. The predicted octanol–water partition coefficient (Wildman–Crippen LogP) is 4.45. The van der Waals surface area contributed by atoms with Gasteiger partial charge in [-0.25, -0.2) is 0 Å². The molecule has 0 amide bonds. The van der Waals surface area contributed by atoms with Gasteiger partial charge in [0.2, 0.25) is 0 Å². The van der Waals surface area contributed by atoms with Crippen molar-refractivity contribution in [1.29, 1.82) is 0 Å². The number of rotatable bonds is 2. The zero-order valence-electron chi connectivity index (χ0n) is 8.77. The zero-order valence-corrected chi connectivity index (χ0v) is 9.58. The van der Waals surface area contributed by atoms with E-state index in [1.165, 1.54) is 6.07 Å². The molecule has 1 aromatic rings. The molecule has 0 bridgehead atoms. The molecule has 0 radical (unpaired) electrons. The lowest BCUT2D eigenvalue weighted by Gasteiger charge is -2.06. The molecule has 0 saturated carbocycles. The van der Waals surface area contributed by atoms with E-state index in [1.807, 2.05) is 6.92 Å². The van der Waals surface area contributed by atoms with E-state index in [-0.39, 0.29) is 16.7 Å². The number of benzene rings is 1. The summed E-state index contributed by atoms with van der Waals surface area (Å²) in [5, 5.41) is 0. The molecule has 16 heavy (non-hydrogen) atoms. The molecule has 0 aliphatic rings. The molecule has 0 unspecified atom stereocenters. The standard InChI is InChI=1S/C12H11F3S/c1-2-3-4-7-10-8-5-6-9-11(10)16-12(13,14)15/h5-6,8-9H,2-3H2,1H3. The highest BCUT2D eigenvalue weighted by atomic mass is 32.2. The van der Waals surface area contributed by atoms with Gasteiger partial charge in [0.05, 0.1) is 0 Å². The summed E-state index contributed by atoms with van der Waals surface area (Å²) in [7, 11) is 0. The van der Waals surface area contributed by atoms with Crippen LogP contribution in [0, 0.1) is 11.8 Å². The number of hydrogen-bond acceptors (Lipinski definition) is 1. The number of thioether (sulfide) groups is 1. The van der Waals surface area contributed by atoms with Crippen molar-refractivity contribution >= 4 is 11.8 Å². The summed E-state index contributed by atoms with van der Waals surface area (Å²) in [6, 6.07) is 6.32. The van der Waals surface area contributed by atoms with Gasteiger partial charge in [0, 0.05) is 16.9 Å². The van der Waals surface area contributed by atoms with E-state index < -0.39 is 5.51 Å². The normalized spacial score (nSPS) is 10.8. The molecule has 86 valence electrons. The molecule has 1 rings (SSSR count). The Morgan fingerprint density at radius 3 is 2.56 bits per heavy atom. The van der Waals surface area contributed by atoms with Crippen LogP contribution >= 0.6 is 11.8 Å². The Kier molecular flexibility index (Phi) is 4.75. The quantitative estimate of drug-likeness (QED) is 0.547. The number of alkyl halides is 3. The van der Waals surface area contributed by atoms with Crippen LogP contribution in [0.25, 0.3) is 0 Å². The molecule has 0 atom stereocenters. The first-order valence-corrected chi connectivity index (χ1v) is 5.68. The van der Waals surface area contributed by atoms with E-state index in [4.69, 9.17) is 0 Å². The maximum atomic E-state index is 12.2. The van der Waals surface area contributed by atoms with Crippen molar-refractivity contribution in [3.05, 3.63) is 29.8 Å². The van der Waals surface area contributed by atoms with Crippen LogP contribution in [0.4, 0.5) is 13.2 Å². The van der Waals surface area contributed by atoms with Crippen LogP contribution in [0.15, 0.2) is 29.2 Å². The van der Waals surface area contributed by atoms with Crippen LogP contribution in [0.2, 0.25) is 0 Å². The summed E-state index contributed by atoms with van der Waals surface area (Å²) in [5.41, 5.74) is -3.82. The molecule has 0 aliphatic heterocycles. The van der Waals surface area contributed by atoms with Gasteiger partial charge >= 0.3 is 5.51 Å². The van der Waals surface area contributed by atoms with Gasteiger partial charge in [0.1, 0.15) is 0 Å². The van der Waals surface area contributed by atoms with Gasteiger partial charge in [-0.05, 0) is 30.3 Å². The Balaban J connectivity index is 2.89. The average molecular weight is 244 g/mol. The van der Waals surface area contributed by atoms with Crippen LogP contribution in [0.1, 0.15) is 25.3 Å². The Hall–Kier alpha value is -1.08. The van der Waals surface area contributed by atoms with Crippen molar-refractivity contribution in [2.24, 2.45) is 0 Å². The first-order valence-electron chi connectivity index (χ1n) is 4.86. The van der Waals surface area contributed by atoms with Crippen LogP contribution in [-0.2, 0) is 0 Å². The Labute approximate surface area is 97.2 Å². The molecule has 0 aliphatic carbocycles. The van der Waals surface area contributed by atoms with E-state index in [1.54, 1.807) is 18.2 Å². The zero-order chi connectivity index (χ0) is 12.0. The number of hydrogen-bond donors (Lipinski definition) is 0. The summed E-state index contributed by atoms with van der Waals surface area (Å²) < 4.78 is 36.7. The largest absolute Gasteiger partial charge is 0.446 e. The third-order valence-electron chi connectivity index (χ3n) is 1.71. The molecule has 0 spiro atoms. The van der Waals surface area contributed by atoms with E-state index >= 15 is 0 Å². The van der Waals surface area contributed by atoms with Gasteiger partial charge in [-0.3, -0.25) is 0 Å². The molecule has 0 heterocycles. The molecule has 0 N–H and O–H groups in total. The highest BCUT2D eigenvalue weighted by Crippen LogP contribution is 2.38. The van der Waals surface area contributed by atoms with Crippen LogP contribution in [0.3, 0.4) is 0 Å². The topological polar surface area (TPSA) is 0 Å². The van der Waals surface area contributed by atoms with Gasteiger partial charge in [0.15, 0.2) is 0 Å². The van der Waals surface area contributed by atoms with Gasteiger partial charge in [-0.2, -0.15) is 13.2 Å². The summed E-state index contributed by atoms with van der Waals surface area (Å²) in [5.74, 6) is 5.61. The SMILES string of the molecule is CCCC#Cc1ccccc1SC(F)(F)F. The van der Waals surface area contributed by atoms with Crippen LogP contribution in [-0.4, -0.2) is 5.51 Å². The molecule has 1 aromatic carbocycles. The highest BCUT2D eigenvalue weighted by Gasteiger charge is 2.29. The summed E-state index contributed by atoms with van der Waals surface area (Å²) in [4.78, 5) is 0.165. The van der Waals surface area contributed by atoms with Crippen molar-refractivity contribution in [2.75, 3.05) is 0 Å². The first kappa shape index (κ1) is 13.0. The summed E-state index contributed by atoms with van der Waals surface area (Å²) >= 11 is -0.117. The first-order chi connectivity index (χ1) is 7.53. The maximum Gasteiger partial charge on any atom is 0.446 e. The van der Waals surface area contributed by atoms with Crippen molar-refractivity contribution in [1.82, 2.24) is 0 Å². The van der Waals surface area contributed by atoms with E-state index in [0.29, 0.717) is 12.0 Å². The Morgan fingerprint density at radius 2 is 1.94 bits per heavy atom. The molecule has 0 fully saturated rings. The molecular formula is C12H11F3S. The second-order valence-electron chi connectivity index (χ2n) is 3.10. The molecular weight excluding hydrogens is 233 g/mol. The minimum atomic E-state index is -4.26. The van der Waals surface area contributed by atoms with Crippen molar-refractivity contribution in [2.45, 2.75) is 30.2 Å². The third kappa shape index (κ3) is 4.63. The molecule has 4 heteroatoms. The smallest absolute Gasteiger partial charge is 0.160 e. The fourth-order valence-corrected chi connectivity index (χ4v) is 1.69. The lowest BCUT2D eigenvalue weighted by molar-refractivity contribution is -0.0328. The van der Waals surface area contributed by atoms with Crippen molar-refractivity contribution in [3.63, 3.8) is 0 Å². The number of halogens is 3. The average Bonchev–Trinajstić information content (AvgIpc) is 2.19. The Morgan fingerprint density at radius 1 is 1.25 bits per heavy atom. The van der Waals surface area contributed by atoms with Crippen molar-refractivity contribution < 1.29 is 13.2 Å². The minimum absolute atomic E-state index is 0.117. The van der Waals surface area contributed by atoms with Crippen LogP contribution in [0.5, 0.6) is 0 Å². The van der Waals surface area contributed by atoms with Gasteiger partial charge < -0.3 is 0 Å². The fourth-order valence-electron chi connectivity index (χ4n) is 1.07. The summed E-state index contributed by atoms with van der Waals surface area (Å²) in [6.07, 6.45) is 1.60.